The Labute approximate surface area is 183 Å². The van der Waals surface area contributed by atoms with Crippen molar-refractivity contribution >= 4 is 18.2 Å². The third-order valence-corrected chi connectivity index (χ3v) is 5.85. The Balaban J connectivity index is 0.00000272. The van der Waals surface area contributed by atoms with Gasteiger partial charge in [-0.05, 0) is 28.8 Å². The number of rotatable bonds is 3. The molecule has 1 fully saturated rings. The molecule has 2 aromatic rings. The first-order valence-electron chi connectivity index (χ1n) is 9.43. The molecule has 6 atom stereocenters. The van der Waals surface area contributed by atoms with Gasteiger partial charge in [0.25, 0.3) is 0 Å². The molecular weight excluding hydrogens is 432 g/mol. The molecule has 7 N–H and O–H groups in total. The number of fused-ring (bicyclic) bond motifs is 2. The standard InChI is InChI=1S/C21H22O9.ClH/c22-6-8-4-10-14(21-20(29)19(28)17(26)13(7-23)30-21)9-2-1-3-11(24)15(9)18(27)16(10)12(25)5-8;/h1-5,13-14,17,19-26,28-29H,6-7H2;1H/t13-,14-,17-,19+,20-,21+;/m1./s1. The van der Waals surface area contributed by atoms with Crippen LogP contribution in [0.4, 0.5) is 0 Å². The van der Waals surface area contributed by atoms with Crippen LogP contribution >= 0.6 is 12.4 Å². The monoisotopic (exact) mass is 454 g/mol. The molecule has 4 rings (SSSR count). The predicted octanol–water partition coefficient (Wildman–Crippen LogP) is -0.469. The Morgan fingerprint density at radius 2 is 1.55 bits per heavy atom. The quantitative estimate of drug-likeness (QED) is 0.324. The second-order valence-electron chi connectivity index (χ2n) is 7.58. The molecule has 1 saturated heterocycles. The van der Waals surface area contributed by atoms with Gasteiger partial charge in [-0.25, -0.2) is 0 Å². The smallest absolute Gasteiger partial charge is 0.201 e. The van der Waals surface area contributed by atoms with Gasteiger partial charge in [-0.15, -0.1) is 12.4 Å². The number of hydrogen-bond acceptors (Lipinski definition) is 9. The Morgan fingerprint density at radius 1 is 0.871 bits per heavy atom. The minimum absolute atomic E-state index is 0. The third-order valence-electron chi connectivity index (χ3n) is 5.85. The molecule has 0 radical (unpaired) electrons. The van der Waals surface area contributed by atoms with E-state index >= 15 is 0 Å². The Morgan fingerprint density at radius 3 is 2.19 bits per heavy atom. The number of carbonyl (C=O) groups excluding carboxylic acids is 1. The fraction of sp³-hybridized carbons (Fsp3) is 0.381. The van der Waals surface area contributed by atoms with Gasteiger partial charge >= 0.3 is 0 Å². The molecule has 0 saturated carbocycles. The van der Waals surface area contributed by atoms with Gasteiger partial charge in [0.15, 0.2) is 0 Å². The third kappa shape index (κ3) is 3.58. The van der Waals surface area contributed by atoms with Gasteiger partial charge in [0.2, 0.25) is 5.78 Å². The summed E-state index contributed by atoms with van der Waals surface area (Å²) in [4.78, 5) is 13.1. The van der Waals surface area contributed by atoms with Crippen molar-refractivity contribution < 1.29 is 45.3 Å². The molecule has 168 valence electrons. The number of aliphatic hydroxyl groups excluding tert-OH is 5. The number of halogens is 1. The maximum absolute atomic E-state index is 13.1. The van der Waals surface area contributed by atoms with Crippen molar-refractivity contribution in [3.63, 3.8) is 0 Å². The zero-order valence-corrected chi connectivity index (χ0v) is 16.9. The van der Waals surface area contributed by atoms with Gasteiger partial charge in [0.05, 0.1) is 30.4 Å². The Bertz CT molecular complexity index is 993. The maximum Gasteiger partial charge on any atom is 0.201 e. The van der Waals surface area contributed by atoms with Crippen molar-refractivity contribution in [1.29, 1.82) is 0 Å². The lowest BCUT2D eigenvalue weighted by atomic mass is 9.71. The van der Waals surface area contributed by atoms with E-state index < -0.39 is 61.2 Å². The highest BCUT2D eigenvalue weighted by atomic mass is 35.5. The van der Waals surface area contributed by atoms with Crippen molar-refractivity contribution in [3.8, 4) is 11.5 Å². The highest BCUT2D eigenvalue weighted by molar-refractivity contribution is 6.16. The Kier molecular flexibility index (Phi) is 6.59. The van der Waals surface area contributed by atoms with Crippen LogP contribution in [0.5, 0.6) is 11.5 Å². The van der Waals surface area contributed by atoms with Crippen molar-refractivity contribution in [2.24, 2.45) is 0 Å². The minimum atomic E-state index is -1.64. The molecule has 2 aliphatic rings. The molecule has 0 unspecified atom stereocenters. The number of phenolic OH excluding ortho intramolecular Hbond substituents is 2. The van der Waals surface area contributed by atoms with E-state index in [2.05, 4.69) is 0 Å². The summed E-state index contributed by atoms with van der Waals surface area (Å²) in [5.74, 6) is -2.34. The van der Waals surface area contributed by atoms with Crippen LogP contribution in [0.15, 0.2) is 30.3 Å². The van der Waals surface area contributed by atoms with Crippen LogP contribution in [0.2, 0.25) is 0 Å². The maximum atomic E-state index is 13.1. The van der Waals surface area contributed by atoms with Crippen LogP contribution in [0.1, 0.15) is 38.5 Å². The highest BCUT2D eigenvalue weighted by Crippen LogP contribution is 2.47. The summed E-state index contributed by atoms with van der Waals surface area (Å²) < 4.78 is 5.73. The van der Waals surface area contributed by atoms with Crippen LogP contribution < -0.4 is 0 Å². The summed E-state index contributed by atoms with van der Waals surface area (Å²) in [7, 11) is 0. The number of carbonyl (C=O) groups is 1. The van der Waals surface area contributed by atoms with E-state index in [9.17, 15) is 40.5 Å². The van der Waals surface area contributed by atoms with E-state index in [1.54, 1.807) is 6.07 Å². The number of benzene rings is 2. The molecular formula is C21H23ClO9. The first kappa shape index (κ1) is 23.4. The van der Waals surface area contributed by atoms with Crippen LogP contribution in [0.3, 0.4) is 0 Å². The van der Waals surface area contributed by atoms with Gasteiger partial charge in [0, 0.05) is 5.92 Å². The molecule has 9 nitrogen and oxygen atoms in total. The van der Waals surface area contributed by atoms with E-state index in [1.165, 1.54) is 24.3 Å². The summed E-state index contributed by atoms with van der Waals surface area (Å²) in [6, 6.07) is 7.06. The first-order chi connectivity index (χ1) is 14.3. The predicted molar refractivity (Wildman–Crippen MR) is 108 cm³/mol. The summed E-state index contributed by atoms with van der Waals surface area (Å²) >= 11 is 0. The van der Waals surface area contributed by atoms with Gasteiger partial charge < -0.3 is 40.5 Å². The van der Waals surface area contributed by atoms with Gasteiger partial charge in [-0.1, -0.05) is 18.2 Å². The SMILES string of the molecule is Cl.O=C1c2c(O)cccc2[C@@H]([C@@H]2O[C@H](CO)[C@@H](O)[C@H](O)[C@H]2O)c2cc(CO)cc(O)c21. The number of aliphatic hydroxyl groups is 5. The molecule has 0 amide bonds. The summed E-state index contributed by atoms with van der Waals surface area (Å²) in [5.41, 5.74) is 0.609. The van der Waals surface area contributed by atoms with Crippen molar-refractivity contribution in [3.05, 3.63) is 58.1 Å². The summed E-state index contributed by atoms with van der Waals surface area (Å²) in [5, 5.41) is 71.0. The molecule has 31 heavy (non-hydrogen) atoms. The highest BCUT2D eigenvalue weighted by Gasteiger charge is 2.50. The second kappa shape index (κ2) is 8.71. The average molecular weight is 455 g/mol. The lowest BCUT2D eigenvalue weighted by Gasteiger charge is -2.45. The second-order valence-corrected chi connectivity index (χ2v) is 7.58. The largest absolute Gasteiger partial charge is 0.507 e. The number of ketones is 1. The zero-order valence-electron chi connectivity index (χ0n) is 16.1. The van der Waals surface area contributed by atoms with Crippen LogP contribution in [0.25, 0.3) is 0 Å². The number of hydrogen-bond donors (Lipinski definition) is 7. The van der Waals surface area contributed by atoms with Gasteiger partial charge in [-0.2, -0.15) is 0 Å². The van der Waals surface area contributed by atoms with Crippen molar-refractivity contribution in [2.75, 3.05) is 6.61 Å². The van der Waals surface area contributed by atoms with Crippen molar-refractivity contribution in [1.82, 2.24) is 0 Å². The lowest BCUT2D eigenvalue weighted by Crippen LogP contribution is -2.60. The van der Waals surface area contributed by atoms with Crippen molar-refractivity contribution in [2.45, 2.75) is 43.0 Å². The van der Waals surface area contributed by atoms with E-state index in [0.29, 0.717) is 5.56 Å². The fourth-order valence-corrected chi connectivity index (χ4v) is 4.41. The molecule has 1 aliphatic heterocycles. The number of phenols is 2. The zero-order chi connectivity index (χ0) is 21.7. The molecule has 1 heterocycles. The van der Waals surface area contributed by atoms with E-state index in [-0.39, 0.29) is 40.4 Å². The molecule has 1 aliphatic carbocycles. The number of aromatic hydroxyl groups is 2. The van der Waals surface area contributed by atoms with Crippen LogP contribution in [-0.4, -0.2) is 78.7 Å². The Hall–Kier alpha value is -2.24. The summed E-state index contributed by atoms with van der Waals surface area (Å²) in [6.45, 7) is -1.06. The lowest BCUT2D eigenvalue weighted by molar-refractivity contribution is -0.232. The average Bonchev–Trinajstić information content (AvgIpc) is 2.73. The minimum Gasteiger partial charge on any atom is -0.507 e. The molecule has 0 bridgehead atoms. The van der Waals surface area contributed by atoms with E-state index in [1.807, 2.05) is 0 Å². The van der Waals surface area contributed by atoms with E-state index in [0.717, 1.165) is 0 Å². The topological polar surface area (TPSA) is 168 Å². The van der Waals surface area contributed by atoms with Crippen LogP contribution in [-0.2, 0) is 11.3 Å². The van der Waals surface area contributed by atoms with Gasteiger partial charge in [-0.3, -0.25) is 4.79 Å². The molecule has 0 aromatic heterocycles. The molecule has 10 heteroatoms. The normalized spacial score (nSPS) is 29.6. The number of ether oxygens (including phenoxy) is 1. The molecule has 2 aromatic carbocycles. The fourth-order valence-electron chi connectivity index (χ4n) is 4.41. The summed E-state index contributed by atoms with van der Waals surface area (Å²) in [6.07, 6.45) is -7.22. The van der Waals surface area contributed by atoms with Gasteiger partial charge in [0.1, 0.15) is 35.9 Å². The first-order valence-corrected chi connectivity index (χ1v) is 9.43. The molecule has 0 spiro atoms. The van der Waals surface area contributed by atoms with E-state index in [4.69, 9.17) is 4.74 Å². The van der Waals surface area contributed by atoms with Crippen LogP contribution in [0, 0.1) is 0 Å².